The Hall–Kier alpha value is -0.880. The maximum absolute atomic E-state index is 11.1. The van der Waals surface area contributed by atoms with E-state index < -0.39 is 16.0 Å². The van der Waals surface area contributed by atoms with Crippen molar-refractivity contribution in [2.45, 2.75) is 32.6 Å². The molecular weight excluding hydrogens is 218 g/mol. The van der Waals surface area contributed by atoms with Crippen molar-refractivity contribution in [2.75, 3.05) is 5.75 Å². The number of hydroxylamine groups is 1. The maximum Gasteiger partial charge on any atom is 0.287 e. The van der Waals surface area contributed by atoms with Gasteiger partial charge in [-0.2, -0.15) is 8.42 Å². The second-order valence-electron chi connectivity index (χ2n) is 3.08. The highest BCUT2D eigenvalue weighted by Gasteiger charge is 2.11. The summed E-state index contributed by atoms with van der Waals surface area (Å²) in [7, 11) is -3.65. The Bertz CT molecular complexity index is 297. The molecule has 0 unspecified atom stereocenters. The third-order valence-electron chi connectivity index (χ3n) is 1.70. The molecule has 0 atom stereocenters. The number of nitrogens with one attached hydrogen (secondary N) is 1. The van der Waals surface area contributed by atoms with Crippen LogP contribution in [0.25, 0.3) is 0 Å². The Morgan fingerprint density at radius 1 is 1.40 bits per heavy atom. The summed E-state index contributed by atoms with van der Waals surface area (Å²) in [5.41, 5.74) is 1.77. The van der Waals surface area contributed by atoms with Gasteiger partial charge in [-0.15, -0.1) is 4.28 Å². The predicted molar refractivity (Wildman–Crippen MR) is 57.4 cm³/mol. The molecule has 15 heavy (non-hydrogen) atoms. The van der Waals surface area contributed by atoms with Crippen LogP contribution in [0, 0.1) is 0 Å². The number of hydrogen-bond donors (Lipinski definition) is 1. The Labute approximate surface area is 90.6 Å². The van der Waals surface area contributed by atoms with Gasteiger partial charge in [-0.3, -0.25) is 4.79 Å². The molecule has 1 amide bonds. The van der Waals surface area contributed by atoms with Gasteiger partial charge in [0.05, 0.1) is 5.75 Å². The van der Waals surface area contributed by atoms with Crippen LogP contribution in [0.2, 0.25) is 0 Å². The van der Waals surface area contributed by atoms with E-state index in [1.807, 2.05) is 6.92 Å². The van der Waals surface area contributed by atoms with Crippen LogP contribution >= 0.6 is 0 Å². The molecule has 88 valence electrons. The van der Waals surface area contributed by atoms with Crippen molar-refractivity contribution in [1.82, 2.24) is 5.48 Å². The number of carbonyl (C=O) groups excluding carboxylic acids is 1. The van der Waals surface area contributed by atoms with E-state index >= 15 is 0 Å². The zero-order chi connectivity index (χ0) is 11.7. The van der Waals surface area contributed by atoms with Crippen LogP contribution in [0.5, 0.6) is 0 Å². The molecule has 0 fully saturated rings. The molecule has 0 spiro atoms. The fourth-order valence-corrected chi connectivity index (χ4v) is 1.74. The van der Waals surface area contributed by atoms with Crippen molar-refractivity contribution in [3.8, 4) is 0 Å². The van der Waals surface area contributed by atoms with E-state index in [4.69, 9.17) is 0 Å². The van der Waals surface area contributed by atoms with Crippen LogP contribution in [-0.2, 0) is 19.2 Å². The quantitative estimate of drug-likeness (QED) is 0.389. The van der Waals surface area contributed by atoms with Gasteiger partial charge in [-0.25, -0.2) is 5.48 Å². The molecule has 5 nitrogen and oxygen atoms in total. The molecule has 0 aliphatic rings. The minimum Gasteiger partial charge on any atom is -0.268 e. The Kier molecular flexibility index (Phi) is 6.98. The second kappa shape index (κ2) is 7.42. The second-order valence-corrected chi connectivity index (χ2v) is 4.77. The van der Waals surface area contributed by atoms with E-state index in [9.17, 15) is 13.2 Å². The van der Waals surface area contributed by atoms with E-state index in [1.165, 1.54) is 0 Å². The standard InChI is InChI=1S/C9H17NO4S/c1-3-5-6-7-8-15(12,13)14-10-9(11)4-2/h4H,2-3,5-8H2,1H3,(H,10,11). The average Bonchev–Trinajstić information content (AvgIpc) is 2.21. The number of hydrogen-bond acceptors (Lipinski definition) is 4. The van der Waals surface area contributed by atoms with Gasteiger partial charge in [0.15, 0.2) is 0 Å². The van der Waals surface area contributed by atoms with Gasteiger partial charge in [0.1, 0.15) is 0 Å². The first-order valence-electron chi connectivity index (χ1n) is 4.85. The largest absolute Gasteiger partial charge is 0.287 e. The molecule has 1 N–H and O–H groups in total. The zero-order valence-electron chi connectivity index (χ0n) is 8.86. The average molecular weight is 235 g/mol. The molecule has 0 aliphatic carbocycles. The van der Waals surface area contributed by atoms with Crippen molar-refractivity contribution < 1.29 is 17.5 Å². The van der Waals surface area contributed by atoms with Gasteiger partial charge in [-0.1, -0.05) is 32.8 Å². The SMILES string of the molecule is C=CC(=O)NOS(=O)(=O)CCCCCC. The third-order valence-corrected chi connectivity index (χ3v) is 2.83. The topological polar surface area (TPSA) is 72.5 Å². The van der Waals surface area contributed by atoms with Crippen molar-refractivity contribution >= 4 is 16.0 Å². The lowest BCUT2D eigenvalue weighted by Gasteiger charge is -2.04. The van der Waals surface area contributed by atoms with Crippen molar-refractivity contribution in [3.05, 3.63) is 12.7 Å². The molecule has 0 saturated carbocycles. The Balaban J connectivity index is 3.77. The van der Waals surface area contributed by atoms with Gasteiger partial charge >= 0.3 is 0 Å². The highest BCUT2D eigenvalue weighted by atomic mass is 32.2. The molecule has 0 heterocycles. The highest BCUT2D eigenvalue weighted by Crippen LogP contribution is 2.02. The van der Waals surface area contributed by atoms with Crippen LogP contribution in [0.4, 0.5) is 0 Å². The first-order valence-corrected chi connectivity index (χ1v) is 6.43. The first-order chi connectivity index (χ1) is 7.02. The van der Waals surface area contributed by atoms with Crippen LogP contribution < -0.4 is 5.48 Å². The summed E-state index contributed by atoms with van der Waals surface area (Å²) < 4.78 is 26.5. The number of carbonyl (C=O) groups is 1. The van der Waals surface area contributed by atoms with Gasteiger partial charge in [-0.05, 0) is 12.5 Å². The molecular formula is C9H17NO4S. The third kappa shape index (κ3) is 8.14. The number of rotatable bonds is 8. The highest BCUT2D eigenvalue weighted by molar-refractivity contribution is 7.86. The molecule has 6 heteroatoms. The molecule has 0 rings (SSSR count). The van der Waals surface area contributed by atoms with Gasteiger partial charge in [0.25, 0.3) is 16.0 Å². The van der Waals surface area contributed by atoms with Gasteiger partial charge < -0.3 is 0 Å². The lowest BCUT2D eigenvalue weighted by molar-refractivity contribution is -0.122. The fraction of sp³-hybridized carbons (Fsp3) is 0.667. The molecule has 0 aromatic heterocycles. The van der Waals surface area contributed by atoms with E-state index in [1.54, 1.807) is 5.48 Å². The van der Waals surface area contributed by atoms with Crippen LogP contribution in [-0.4, -0.2) is 20.1 Å². The van der Waals surface area contributed by atoms with Crippen LogP contribution in [0.1, 0.15) is 32.6 Å². The summed E-state index contributed by atoms with van der Waals surface area (Å²) in [6, 6.07) is 0. The molecule has 0 saturated heterocycles. The lowest BCUT2D eigenvalue weighted by Crippen LogP contribution is -2.26. The first kappa shape index (κ1) is 14.1. The van der Waals surface area contributed by atoms with Crippen molar-refractivity contribution in [1.29, 1.82) is 0 Å². The summed E-state index contributed by atoms with van der Waals surface area (Å²) in [5.74, 6) is -0.753. The van der Waals surface area contributed by atoms with Crippen LogP contribution in [0.15, 0.2) is 12.7 Å². The minimum atomic E-state index is -3.65. The summed E-state index contributed by atoms with van der Waals surface area (Å²) >= 11 is 0. The van der Waals surface area contributed by atoms with Crippen molar-refractivity contribution in [2.24, 2.45) is 0 Å². The van der Waals surface area contributed by atoms with Crippen LogP contribution in [0.3, 0.4) is 0 Å². The smallest absolute Gasteiger partial charge is 0.268 e. The van der Waals surface area contributed by atoms with E-state index in [2.05, 4.69) is 10.9 Å². The lowest BCUT2D eigenvalue weighted by atomic mass is 10.2. The minimum absolute atomic E-state index is 0.0789. The fourth-order valence-electron chi connectivity index (χ4n) is 0.893. The molecule has 0 aliphatic heterocycles. The predicted octanol–water partition coefficient (Wildman–Crippen LogP) is 1.13. The number of unbranched alkanes of at least 4 members (excludes halogenated alkanes) is 3. The normalized spacial score (nSPS) is 11.0. The maximum atomic E-state index is 11.1. The van der Waals surface area contributed by atoms with Crippen molar-refractivity contribution in [3.63, 3.8) is 0 Å². The van der Waals surface area contributed by atoms with Gasteiger partial charge in [0.2, 0.25) is 0 Å². The summed E-state index contributed by atoms with van der Waals surface area (Å²) in [6.45, 7) is 5.20. The van der Waals surface area contributed by atoms with E-state index in [0.29, 0.717) is 6.42 Å². The molecule has 0 aromatic carbocycles. The number of amides is 1. The molecule has 0 aromatic rings. The molecule has 0 bridgehead atoms. The molecule has 0 radical (unpaired) electrons. The monoisotopic (exact) mass is 235 g/mol. The summed E-state index contributed by atoms with van der Waals surface area (Å²) in [5, 5.41) is 0. The zero-order valence-corrected chi connectivity index (χ0v) is 9.68. The van der Waals surface area contributed by atoms with Gasteiger partial charge in [0, 0.05) is 0 Å². The van der Waals surface area contributed by atoms with E-state index in [-0.39, 0.29) is 5.75 Å². The Morgan fingerprint density at radius 3 is 2.60 bits per heavy atom. The Morgan fingerprint density at radius 2 is 2.07 bits per heavy atom. The summed E-state index contributed by atoms with van der Waals surface area (Å²) in [4.78, 5) is 10.6. The summed E-state index contributed by atoms with van der Waals surface area (Å²) in [6.07, 6.45) is 4.35. The van der Waals surface area contributed by atoms with E-state index in [0.717, 1.165) is 25.3 Å².